The Hall–Kier alpha value is -2.63. The summed E-state index contributed by atoms with van der Waals surface area (Å²) in [6.45, 7) is 1.68. The highest BCUT2D eigenvalue weighted by atomic mass is 19.1. The molecule has 1 aliphatic rings. The van der Waals surface area contributed by atoms with E-state index in [0.717, 1.165) is 25.7 Å². The number of pyridine rings is 1. The molecule has 1 aliphatic carbocycles. The second-order valence-electron chi connectivity index (χ2n) is 6.86. The largest absolute Gasteiger partial charge is 0.494 e. The molecule has 27 heavy (non-hydrogen) atoms. The van der Waals surface area contributed by atoms with Gasteiger partial charge in [-0.2, -0.15) is 0 Å². The number of amides is 1. The van der Waals surface area contributed by atoms with Crippen molar-refractivity contribution in [1.29, 1.82) is 0 Å². The van der Waals surface area contributed by atoms with Crippen LogP contribution in [0.25, 0.3) is 11.1 Å². The van der Waals surface area contributed by atoms with Gasteiger partial charge in [-0.15, -0.1) is 0 Å². The van der Waals surface area contributed by atoms with Crippen LogP contribution in [0.15, 0.2) is 36.7 Å². The second kappa shape index (κ2) is 8.84. The Balaban J connectivity index is 1.73. The lowest BCUT2D eigenvalue weighted by Crippen LogP contribution is -2.43. The van der Waals surface area contributed by atoms with Crippen LogP contribution in [0, 0.1) is 5.82 Å². The molecule has 5 nitrogen and oxygen atoms in total. The Kier molecular flexibility index (Phi) is 6.27. The van der Waals surface area contributed by atoms with Crippen LogP contribution in [0.5, 0.6) is 11.5 Å². The lowest BCUT2D eigenvalue weighted by molar-refractivity contribution is -0.128. The lowest BCUT2D eigenvalue weighted by atomic mass is 9.95. The number of carbonyl (C=O) groups excluding carboxylic acids is 1. The van der Waals surface area contributed by atoms with Gasteiger partial charge in [0.25, 0.3) is 5.91 Å². The van der Waals surface area contributed by atoms with Gasteiger partial charge in [0.15, 0.2) is 6.10 Å². The molecule has 2 aromatic rings. The van der Waals surface area contributed by atoms with Crippen LogP contribution in [-0.2, 0) is 4.79 Å². The Bertz CT molecular complexity index is 791. The van der Waals surface area contributed by atoms with Crippen LogP contribution in [0.3, 0.4) is 0 Å². The fourth-order valence-corrected chi connectivity index (χ4v) is 3.39. The average Bonchev–Trinajstić information content (AvgIpc) is 2.68. The van der Waals surface area contributed by atoms with Gasteiger partial charge in [0, 0.05) is 23.9 Å². The summed E-state index contributed by atoms with van der Waals surface area (Å²) in [6, 6.07) is 6.34. The summed E-state index contributed by atoms with van der Waals surface area (Å²) in [5.41, 5.74) is 1.31. The van der Waals surface area contributed by atoms with E-state index < -0.39 is 11.9 Å². The molecule has 1 saturated carbocycles. The molecule has 6 heteroatoms. The van der Waals surface area contributed by atoms with E-state index in [1.165, 1.54) is 25.7 Å². The van der Waals surface area contributed by atoms with Crippen molar-refractivity contribution in [2.75, 3.05) is 7.11 Å². The number of aromatic nitrogens is 1. The number of hydrogen-bond donors (Lipinski definition) is 1. The van der Waals surface area contributed by atoms with Crippen molar-refractivity contribution in [3.05, 3.63) is 42.5 Å². The number of benzene rings is 1. The zero-order chi connectivity index (χ0) is 19.2. The predicted octanol–water partition coefficient (Wildman–Crippen LogP) is 4.11. The summed E-state index contributed by atoms with van der Waals surface area (Å²) in [5, 5.41) is 3.03. The van der Waals surface area contributed by atoms with E-state index in [1.54, 1.807) is 31.5 Å². The van der Waals surface area contributed by atoms with Crippen LogP contribution in [0.4, 0.5) is 4.39 Å². The summed E-state index contributed by atoms with van der Waals surface area (Å²) < 4.78 is 25.2. The van der Waals surface area contributed by atoms with Crippen molar-refractivity contribution in [2.45, 2.75) is 51.2 Å². The first-order chi connectivity index (χ1) is 13.1. The maximum absolute atomic E-state index is 14.1. The first-order valence-electron chi connectivity index (χ1n) is 9.33. The summed E-state index contributed by atoms with van der Waals surface area (Å²) in [7, 11) is 1.54. The molecule has 144 valence electrons. The van der Waals surface area contributed by atoms with Gasteiger partial charge in [-0.1, -0.05) is 19.3 Å². The van der Waals surface area contributed by atoms with Crippen molar-refractivity contribution in [2.24, 2.45) is 0 Å². The van der Waals surface area contributed by atoms with E-state index in [1.807, 2.05) is 0 Å². The molecule has 3 rings (SSSR count). The van der Waals surface area contributed by atoms with Crippen LogP contribution < -0.4 is 14.8 Å². The zero-order valence-corrected chi connectivity index (χ0v) is 15.7. The lowest BCUT2D eigenvalue weighted by Gasteiger charge is -2.24. The quantitative estimate of drug-likeness (QED) is 0.829. The zero-order valence-electron chi connectivity index (χ0n) is 15.7. The van der Waals surface area contributed by atoms with Gasteiger partial charge >= 0.3 is 0 Å². The number of halogens is 1. The monoisotopic (exact) mass is 372 g/mol. The predicted molar refractivity (Wildman–Crippen MR) is 101 cm³/mol. The number of nitrogens with one attached hydrogen (secondary N) is 1. The Labute approximate surface area is 158 Å². The number of rotatable bonds is 6. The number of ether oxygens (including phenoxy) is 2. The van der Waals surface area contributed by atoms with Gasteiger partial charge < -0.3 is 14.8 Å². The van der Waals surface area contributed by atoms with E-state index in [9.17, 15) is 9.18 Å². The summed E-state index contributed by atoms with van der Waals surface area (Å²) in [6.07, 6.45) is 7.99. The summed E-state index contributed by atoms with van der Waals surface area (Å²) >= 11 is 0. The molecule has 0 radical (unpaired) electrons. The summed E-state index contributed by atoms with van der Waals surface area (Å²) in [5.74, 6) is 0.225. The smallest absolute Gasteiger partial charge is 0.260 e. The molecule has 1 unspecified atom stereocenters. The van der Waals surface area contributed by atoms with E-state index in [0.29, 0.717) is 22.6 Å². The number of carbonyl (C=O) groups is 1. The third-order valence-electron chi connectivity index (χ3n) is 4.82. The van der Waals surface area contributed by atoms with Gasteiger partial charge in [-0.3, -0.25) is 9.78 Å². The van der Waals surface area contributed by atoms with Gasteiger partial charge in [-0.05, 0) is 43.5 Å². The van der Waals surface area contributed by atoms with Gasteiger partial charge in [0.2, 0.25) is 0 Å². The minimum absolute atomic E-state index is 0.172. The minimum Gasteiger partial charge on any atom is -0.494 e. The van der Waals surface area contributed by atoms with Crippen molar-refractivity contribution in [3.63, 3.8) is 0 Å². The van der Waals surface area contributed by atoms with Crippen molar-refractivity contribution in [1.82, 2.24) is 10.3 Å². The standard InChI is InChI=1S/C21H25FN2O3/c1-14(21(25)24-17-6-4-3-5-7-17)27-18-11-15(10-16(22)12-18)19-8-9-23-13-20(19)26-2/h8-14,17H,3-7H2,1-2H3,(H,24,25). The van der Waals surface area contributed by atoms with E-state index in [2.05, 4.69) is 10.3 Å². The second-order valence-corrected chi connectivity index (χ2v) is 6.86. The maximum Gasteiger partial charge on any atom is 0.260 e. The fourth-order valence-electron chi connectivity index (χ4n) is 3.39. The minimum atomic E-state index is -0.707. The molecule has 1 aromatic heterocycles. The molecule has 1 fully saturated rings. The molecule has 0 aliphatic heterocycles. The third-order valence-corrected chi connectivity index (χ3v) is 4.82. The van der Waals surface area contributed by atoms with Crippen LogP contribution in [0.2, 0.25) is 0 Å². The number of hydrogen-bond acceptors (Lipinski definition) is 4. The van der Waals surface area contributed by atoms with Crippen LogP contribution in [0.1, 0.15) is 39.0 Å². The first kappa shape index (κ1) is 19.1. The molecule has 1 aromatic carbocycles. The number of methoxy groups -OCH3 is 1. The topological polar surface area (TPSA) is 60.5 Å². The SMILES string of the molecule is COc1cnccc1-c1cc(F)cc(OC(C)C(=O)NC2CCCCC2)c1. The van der Waals surface area contributed by atoms with Crippen molar-refractivity contribution >= 4 is 5.91 Å². The third kappa shape index (κ3) is 4.96. The molecule has 0 saturated heterocycles. The normalized spacial score (nSPS) is 15.8. The van der Waals surface area contributed by atoms with E-state index in [4.69, 9.17) is 9.47 Å². The van der Waals surface area contributed by atoms with E-state index >= 15 is 0 Å². The highest BCUT2D eigenvalue weighted by Crippen LogP contribution is 2.32. The van der Waals surface area contributed by atoms with Crippen LogP contribution in [-0.4, -0.2) is 30.1 Å². The van der Waals surface area contributed by atoms with Crippen molar-refractivity contribution < 1.29 is 18.7 Å². The molecule has 1 N–H and O–H groups in total. The molecular weight excluding hydrogens is 347 g/mol. The van der Waals surface area contributed by atoms with Gasteiger partial charge in [-0.25, -0.2) is 4.39 Å². The number of nitrogens with zero attached hydrogens (tertiary/aromatic N) is 1. The van der Waals surface area contributed by atoms with Gasteiger partial charge in [0.05, 0.1) is 13.3 Å². The highest BCUT2D eigenvalue weighted by Gasteiger charge is 2.21. The van der Waals surface area contributed by atoms with Crippen molar-refractivity contribution in [3.8, 4) is 22.6 Å². The fraction of sp³-hybridized carbons (Fsp3) is 0.429. The molecule has 1 heterocycles. The molecule has 0 spiro atoms. The molecule has 1 atom stereocenters. The van der Waals surface area contributed by atoms with E-state index in [-0.39, 0.29) is 11.9 Å². The Morgan fingerprint density at radius 2 is 2.04 bits per heavy atom. The van der Waals surface area contributed by atoms with Crippen LogP contribution >= 0.6 is 0 Å². The summed E-state index contributed by atoms with van der Waals surface area (Å²) in [4.78, 5) is 16.4. The molecule has 1 amide bonds. The highest BCUT2D eigenvalue weighted by molar-refractivity contribution is 5.81. The Morgan fingerprint density at radius 1 is 1.26 bits per heavy atom. The average molecular weight is 372 g/mol. The first-order valence-corrected chi connectivity index (χ1v) is 9.33. The maximum atomic E-state index is 14.1. The molecule has 0 bridgehead atoms. The molecular formula is C21H25FN2O3. The Morgan fingerprint density at radius 3 is 2.78 bits per heavy atom. The van der Waals surface area contributed by atoms with Gasteiger partial charge in [0.1, 0.15) is 17.3 Å².